The second-order valence-electron chi connectivity index (χ2n) is 10.7. The topological polar surface area (TPSA) is 114 Å². The van der Waals surface area contributed by atoms with Crippen LogP contribution in [0.2, 0.25) is 0 Å². The van der Waals surface area contributed by atoms with Gasteiger partial charge >= 0.3 is 0 Å². The van der Waals surface area contributed by atoms with E-state index < -0.39 is 0 Å². The van der Waals surface area contributed by atoms with Crippen LogP contribution >= 0.6 is 0 Å². The molecule has 0 saturated heterocycles. The monoisotopic (exact) mass is 634 g/mol. The largest absolute Gasteiger partial charge is 0.493 e. The lowest BCUT2D eigenvalue weighted by Gasteiger charge is -2.28. The van der Waals surface area contributed by atoms with Crippen molar-refractivity contribution in [2.75, 3.05) is 55.7 Å². The van der Waals surface area contributed by atoms with E-state index in [1.165, 1.54) is 12.2 Å². The smallest absolute Gasteiger partial charge is 0.243 e. The van der Waals surface area contributed by atoms with Crippen LogP contribution < -0.4 is 39.1 Å². The zero-order chi connectivity index (χ0) is 33.3. The fourth-order valence-electron chi connectivity index (χ4n) is 5.26. The summed E-state index contributed by atoms with van der Waals surface area (Å²) >= 11 is 0. The van der Waals surface area contributed by atoms with Gasteiger partial charge in [-0.05, 0) is 72.9 Å². The van der Waals surface area contributed by atoms with Gasteiger partial charge in [0, 0.05) is 25.2 Å². The van der Waals surface area contributed by atoms with E-state index in [0.29, 0.717) is 59.4 Å². The van der Waals surface area contributed by atoms with Crippen molar-refractivity contribution in [2.45, 2.75) is 25.7 Å². The molecule has 0 bridgehead atoms. The number of benzene rings is 2. The highest BCUT2D eigenvalue weighted by Gasteiger charge is 2.21. The van der Waals surface area contributed by atoms with E-state index in [2.05, 4.69) is 10.6 Å². The molecule has 3 rings (SSSR count). The van der Waals surface area contributed by atoms with Gasteiger partial charge in [0.1, 0.15) is 0 Å². The summed E-state index contributed by atoms with van der Waals surface area (Å²) in [6.45, 7) is 1.28. The molecule has 0 atom stereocenters. The molecule has 2 N–H and O–H groups in total. The molecule has 46 heavy (non-hydrogen) atoms. The zero-order valence-corrected chi connectivity index (χ0v) is 27.6. The highest BCUT2D eigenvalue weighted by Crippen LogP contribution is 2.39. The SMILES string of the molecule is COc1cc(/C=C/C=C/C(=O)NCC2CCC(CNC(=O)/C=C/C=C/c3cc(OC)c(OC)c(OC)c3)CC2)cc(OC)c1OC. The lowest BCUT2D eigenvalue weighted by Crippen LogP contribution is -2.33. The molecule has 1 saturated carbocycles. The molecule has 2 amide bonds. The minimum absolute atomic E-state index is 0.130. The third-order valence-corrected chi connectivity index (χ3v) is 7.77. The molecule has 248 valence electrons. The van der Waals surface area contributed by atoms with Crippen molar-refractivity contribution in [2.24, 2.45) is 11.8 Å². The first kappa shape index (κ1) is 35.6. The number of amides is 2. The number of ether oxygens (including phenoxy) is 6. The predicted molar refractivity (Wildman–Crippen MR) is 180 cm³/mol. The minimum atomic E-state index is -0.130. The van der Waals surface area contributed by atoms with Gasteiger partial charge in [0.15, 0.2) is 23.0 Å². The van der Waals surface area contributed by atoms with Gasteiger partial charge in [0.2, 0.25) is 23.3 Å². The van der Waals surface area contributed by atoms with Crippen molar-refractivity contribution in [1.29, 1.82) is 0 Å². The van der Waals surface area contributed by atoms with E-state index in [1.807, 2.05) is 36.4 Å². The Morgan fingerprint density at radius 2 is 0.891 bits per heavy atom. The maximum Gasteiger partial charge on any atom is 0.243 e. The molecule has 10 heteroatoms. The molecule has 2 aromatic rings. The standard InChI is InChI=1S/C36H46N2O8/c1-41-29-19-27(20-30(42-2)35(29)45-5)11-7-9-13-33(39)37-23-25-15-17-26(18-16-25)24-38-34(40)14-10-8-12-28-21-31(43-3)36(46-6)32(22-28)44-4/h7-14,19-22,25-26H,15-18,23-24H2,1-6H3,(H,37,39)(H,38,40)/b11-7+,12-8+,13-9+,14-10+. The van der Waals surface area contributed by atoms with Crippen LogP contribution in [0.3, 0.4) is 0 Å². The van der Waals surface area contributed by atoms with Crippen LogP contribution in [0.15, 0.2) is 60.7 Å². The van der Waals surface area contributed by atoms with Crippen molar-refractivity contribution in [1.82, 2.24) is 10.6 Å². The lowest BCUT2D eigenvalue weighted by molar-refractivity contribution is -0.117. The second kappa shape index (κ2) is 18.8. The van der Waals surface area contributed by atoms with Gasteiger partial charge in [-0.3, -0.25) is 9.59 Å². The van der Waals surface area contributed by atoms with Gasteiger partial charge in [0.05, 0.1) is 42.7 Å². The van der Waals surface area contributed by atoms with Crippen LogP contribution in [0.5, 0.6) is 34.5 Å². The molecule has 1 aliphatic rings. The van der Waals surface area contributed by atoms with Crippen LogP contribution in [0.1, 0.15) is 36.8 Å². The van der Waals surface area contributed by atoms with Crippen LogP contribution in [-0.4, -0.2) is 67.6 Å². The summed E-state index contributed by atoms with van der Waals surface area (Å²) in [6, 6.07) is 7.35. The first-order valence-electron chi connectivity index (χ1n) is 15.2. The van der Waals surface area contributed by atoms with Gasteiger partial charge in [0.25, 0.3) is 0 Å². The Morgan fingerprint density at radius 1 is 0.565 bits per heavy atom. The first-order valence-corrected chi connectivity index (χ1v) is 15.2. The number of nitrogens with one attached hydrogen (secondary N) is 2. The Morgan fingerprint density at radius 3 is 1.17 bits per heavy atom. The molecular formula is C36H46N2O8. The summed E-state index contributed by atoms with van der Waals surface area (Å²) in [5.41, 5.74) is 1.71. The van der Waals surface area contributed by atoms with Crippen molar-refractivity contribution in [3.63, 3.8) is 0 Å². The van der Waals surface area contributed by atoms with Crippen LogP contribution in [0.25, 0.3) is 12.2 Å². The number of hydrogen-bond donors (Lipinski definition) is 2. The Hall–Kier alpha value is -4.86. The fraction of sp³-hybridized carbons (Fsp3) is 0.389. The molecular weight excluding hydrogens is 588 g/mol. The summed E-state index contributed by atoms with van der Waals surface area (Å²) in [4.78, 5) is 24.7. The van der Waals surface area contributed by atoms with Crippen molar-refractivity contribution in [3.8, 4) is 34.5 Å². The molecule has 0 aliphatic heterocycles. The number of carbonyl (C=O) groups is 2. The number of carbonyl (C=O) groups excluding carboxylic acids is 2. The van der Waals surface area contributed by atoms with Gasteiger partial charge in [-0.25, -0.2) is 0 Å². The highest BCUT2D eigenvalue weighted by molar-refractivity contribution is 5.88. The van der Waals surface area contributed by atoms with Gasteiger partial charge < -0.3 is 39.1 Å². The van der Waals surface area contributed by atoms with E-state index in [0.717, 1.165) is 36.8 Å². The average molecular weight is 635 g/mol. The molecule has 0 aromatic heterocycles. The van der Waals surface area contributed by atoms with Crippen molar-refractivity contribution in [3.05, 3.63) is 71.8 Å². The van der Waals surface area contributed by atoms with Crippen LogP contribution in [0, 0.1) is 11.8 Å². The summed E-state index contributed by atoms with van der Waals surface area (Å²) in [5.74, 6) is 3.92. The first-order chi connectivity index (χ1) is 22.3. The molecule has 0 spiro atoms. The predicted octanol–water partition coefficient (Wildman–Crippen LogP) is 5.62. The van der Waals surface area contributed by atoms with Gasteiger partial charge in [-0.2, -0.15) is 0 Å². The quantitative estimate of drug-likeness (QED) is 0.181. The highest BCUT2D eigenvalue weighted by atomic mass is 16.5. The number of methoxy groups -OCH3 is 6. The molecule has 0 unspecified atom stereocenters. The third kappa shape index (κ3) is 10.6. The number of rotatable bonds is 16. The molecule has 2 aromatic carbocycles. The van der Waals surface area contributed by atoms with E-state index in [4.69, 9.17) is 28.4 Å². The molecule has 0 heterocycles. The van der Waals surface area contributed by atoms with E-state index in [1.54, 1.807) is 67.0 Å². The van der Waals surface area contributed by atoms with E-state index >= 15 is 0 Å². The molecule has 1 aliphatic carbocycles. The zero-order valence-electron chi connectivity index (χ0n) is 27.6. The molecule has 10 nitrogen and oxygen atoms in total. The fourth-order valence-corrected chi connectivity index (χ4v) is 5.26. The minimum Gasteiger partial charge on any atom is -0.493 e. The van der Waals surface area contributed by atoms with E-state index in [-0.39, 0.29) is 11.8 Å². The maximum absolute atomic E-state index is 12.3. The molecule has 0 radical (unpaired) electrons. The second-order valence-corrected chi connectivity index (χ2v) is 10.7. The van der Waals surface area contributed by atoms with Crippen LogP contribution in [0.4, 0.5) is 0 Å². The normalized spacial score (nSPS) is 16.6. The summed E-state index contributed by atoms with van der Waals surface area (Å²) in [6.07, 6.45) is 17.8. The summed E-state index contributed by atoms with van der Waals surface area (Å²) < 4.78 is 32.2. The summed E-state index contributed by atoms with van der Waals surface area (Å²) in [7, 11) is 9.40. The van der Waals surface area contributed by atoms with Crippen LogP contribution in [-0.2, 0) is 9.59 Å². The van der Waals surface area contributed by atoms with Gasteiger partial charge in [-0.1, -0.05) is 36.5 Å². The Balaban J connectivity index is 1.35. The van der Waals surface area contributed by atoms with Crippen molar-refractivity contribution >= 4 is 24.0 Å². The Bertz CT molecular complexity index is 1260. The molecule has 1 fully saturated rings. The van der Waals surface area contributed by atoms with Gasteiger partial charge in [-0.15, -0.1) is 0 Å². The maximum atomic E-state index is 12.3. The van der Waals surface area contributed by atoms with Crippen molar-refractivity contribution < 1.29 is 38.0 Å². The number of hydrogen-bond acceptors (Lipinski definition) is 8. The Labute approximate surface area is 272 Å². The summed E-state index contributed by atoms with van der Waals surface area (Å²) in [5, 5.41) is 6.01. The average Bonchev–Trinajstić information content (AvgIpc) is 3.09. The Kier molecular flexibility index (Phi) is 14.6. The number of allylic oxidation sites excluding steroid dienone is 4. The third-order valence-electron chi connectivity index (χ3n) is 7.77. The lowest BCUT2D eigenvalue weighted by atomic mass is 9.82. The van der Waals surface area contributed by atoms with E-state index in [9.17, 15) is 9.59 Å².